The molecule has 0 bridgehead atoms. The molecule has 0 radical (unpaired) electrons. The minimum Gasteiger partial charge on any atom is -0.454 e. The van der Waals surface area contributed by atoms with Crippen molar-refractivity contribution in [1.29, 1.82) is 0 Å². The second-order valence-electron chi connectivity index (χ2n) is 6.71. The molecule has 29 heavy (non-hydrogen) atoms. The zero-order valence-electron chi connectivity index (χ0n) is 15.9. The van der Waals surface area contributed by atoms with Gasteiger partial charge >= 0.3 is 0 Å². The molecule has 0 saturated carbocycles. The summed E-state index contributed by atoms with van der Waals surface area (Å²) in [5.41, 5.74) is 1.09. The Balaban J connectivity index is 1.11. The normalized spacial score (nSPS) is 13.2. The molecule has 8 heteroatoms. The SMILES string of the molecule is O=C(NCCCCCNC(=O)c1ccc2c(c1)OCO2)c1ccc2c(c1)OCO2. The van der Waals surface area contributed by atoms with Gasteiger partial charge in [0.15, 0.2) is 23.0 Å². The average molecular weight is 398 g/mol. The van der Waals surface area contributed by atoms with Crippen molar-refractivity contribution in [2.75, 3.05) is 26.7 Å². The van der Waals surface area contributed by atoms with Gasteiger partial charge in [-0.1, -0.05) is 0 Å². The smallest absolute Gasteiger partial charge is 0.251 e. The van der Waals surface area contributed by atoms with Gasteiger partial charge in [-0.25, -0.2) is 0 Å². The fraction of sp³-hybridized carbons (Fsp3) is 0.333. The summed E-state index contributed by atoms with van der Waals surface area (Å²) in [5, 5.41) is 5.78. The van der Waals surface area contributed by atoms with Crippen LogP contribution in [0.2, 0.25) is 0 Å². The van der Waals surface area contributed by atoms with Crippen molar-refractivity contribution in [3.05, 3.63) is 47.5 Å². The molecular weight excluding hydrogens is 376 g/mol. The molecule has 0 atom stereocenters. The molecule has 8 nitrogen and oxygen atoms in total. The number of unbranched alkanes of at least 4 members (excludes halogenated alkanes) is 2. The van der Waals surface area contributed by atoms with Crippen LogP contribution in [0.4, 0.5) is 0 Å². The number of fused-ring (bicyclic) bond motifs is 2. The first-order valence-electron chi connectivity index (χ1n) is 9.56. The maximum atomic E-state index is 12.2. The van der Waals surface area contributed by atoms with E-state index in [1.807, 2.05) is 0 Å². The van der Waals surface area contributed by atoms with Gasteiger partial charge in [-0.15, -0.1) is 0 Å². The third-order valence-electron chi connectivity index (χ3n) is 4.69. The van der Waals surface area contributed by atoms with Crippen LogP contribution in [0, 0.1) is 0 Å². The lowest BCUT2D eigenvalue weighted by molar-refractivity contribution is 0.0947. The highest BCUT2D eigenvalue weighted by atomic mass is 16.7. The van der Waals surface area contributed by atoms with Crippen molar-refractivity contribution < 1.29 is 28.5 Å². The van der Waals surface area contributed by atoms with Gasteiger partial charge in [0, 0.05) is 24.2 Å². The summed E-state index contributed by atoms with van der Waals surface area (Å²) in [4.78, 5) is 24.4. The fourth-order valence-electron chi connectivity index (χ4n) is 3.11. The minimum atomic E-state index is -0.139. The summed E-state index contributed by atoms with van der Waals surface area (Å²) in [7, 11) is 0. The van der Waals surface area contributed by atoms with Crippen LogP contribution in [0.25, 0.3) is 0 Å². The molecule has 0 spiro atoms. The van der Waals surface area contributed by atoms with Crippen LogP contribution >= 0.6 is 0 Å². The second kappa shape index (κ2) is 8.72. The van der Waals surface area contributed by atoms with Gasteiger partial charge in [-0.05, 0) is 55.7 Å². The van der Waals surface area contributed by atoms with Crippen molar-refractivity contribution in [3.63, 3.8) is 0 Å². The molecule has 2 aliphatic heterocycles. The summed E-state index contributed by atoms with van der Waals surface area (Å²) in [6.45, 7) is 1.52. The highest BCUT2D eigenvalue weighted by Gasteiger charge is 2.17. The Morgan fingerprint density at radius 3 is 1.59 bits per heavy atom. The van der Waals surface area contributed by atoms with E-state index in [4.69, 9.17) is 18.9 Å². The first kappa shape index (κ1) is 18.9. The van der Waals surface area contributed by atoms with Crippen LogP contribution in [0.1, 0.15) is 40.0 Å². The van der Waals surface area contributed by atoms with E-state index in [2.05, 4.69) is 10.6 Å². The molecule has 2 N–H and O–H groups in total. The summed E-state index contributed by atoms with van der Waals surface area (Å²) < 4.78 is 21.0. The number of hydrogen-bond acceptors (Lipinski definition) is 6. The Kier molecular flexibility index (Phi) is 5.69. The van der Waals surface area contributed by atoms with Gasteiger partial charge in [0.2, 0.25) is 13.6 Å². The van der Waals surface area contributed by atoms with Crippen molar-refractivity contribution in [1.82, 2.24) is 10.6 Å². The Labute approximate surface area is 168 Å². The molecule has 2 amide bonds. The molecule has 2 aromatic carbocycles. The quantitative estimate of drug-likeness (QED) is 0.664. The van der Waals surface area contributed by atoms with E-state index in [-0.39, 0.29) is 25.4 Å². The van der Waals surface area contributed by atoms with E-state index in [0.29, 0.717) is 47.2 Å². The summed E-state index contributed by atoms with van der Waals surface area (Å²) in [6, 6.07) is 10.3. The molecule has 0 fully saturated rings. The Morgan fingerprint density at radius 2 is 1.10 bits per heavy atom. The number of amides is 2. The first-order valence-corrected chi connectivity index (χ1v) is 9.56. The molecule has 4 rings (SSSR count). The van der Waals surface area contributed by atoms with Gasteiger partial charge in [-0.2, -0.15) is 0 Å². The van der Waals surface area contributed by atoms with Crippen LogP contribution in [0.15, 0.2) is 36.4 Å². The van der Waals surface area contributed by atoms with E-state index in [1.54, 1.807) is 36.4 Å². The third kappa shape index (κ3) is 4.53. The maximum Gasteiger partial charge on any atom is 0.251 e. The molecule has 0 unspecified atom stereocenters. The topological polar surface area (TPSA) is 95.1 Å². The maximum absolute atomic E-state index is 12.2. The molecule has 2 aromatic rings. The average Bonchev–Trinajstić information content (AvgIpc) is 3.40. The van der Waals surface area contributed by atoms with Gasteiger partial charge in [0.05, 0.1) is 0 Å². The Hall–Kier alpha value is -3.42. The van der Waals surface area contributed by atoms with E-state index < -0.39 is 0 Å². The number of ether oxygens (including phenoxy) is 4. The fourth-order valence-corrected chi connectivity index (χ4v) is 3.11. The van der Waals surface area contributed by atoms with E-state index in [0.717, 1.165) is 19.3 Å². The number of benzene rings is 2. The van der Waals surface area contributed by atoms with E-state index in [9.17, 15) is 9.59 Å². The summed E-state index contributed by atoms with van der Waals surface area (Å²) in [6.07, 6.45) is 2.55. The van der Waals surface area contributed by atoms with Gasteiger partial charge < -0.3 is 29.6 Å². The van der Waals surface area contributed by atoms with Crippen molar-refractivity contribution in [2.45, 2.75) is 19.3 Å². The van der Waals surface area contributed by atoms with Gasteiger partial charge in [0.1, 0.15) is 0 Å². The second-order valence-corrected chi connectivity index (χ2v) is 6.71. The number of carbonyl (C=O) groups excluding carboxylic acids is 2. The largest absolute Gasteiger partial charge is 0.454 e. The monoisotopic (exact) mass is 398 g/mol. The zero-order chi connectivity index (χ0) is 20.1. The first-order chi connectivity index (χ1) is 14.2. The predicted molar refractivity (Wildman–Crippen MR) is 104 cm³/mol. The molecule has 0 aliphatic carbocycles. The molecule has 0 saturated heterocycles. The van der Waals surface area contributed by atoms with Crippen LogP contribution in [0.5, 0.6) is 23.0 Å². The third-order valence-corrected chi connectivity index (χ3v) is 4.69. The van der Waals surface area contributed by atoms with Crippen LogP contribution < -0.4 is 29.6 Å². The van der Waals surface area contributed by atoms with Gasteiger partial charge in [0.25, 0.3) is 11.8 Å². The highest BCUT2D eigenvalue weighted by molar-refractivity contribution is 5.95. The number of rotatable bonds is 8. The van der Waals surface area contributed by atoms with Crippen LogP contribution in [-0.2, 0) is 0 Å². The lowest BCUT2D eigenvalue weighted by atomic mass is 10.1. The van der Waals surface area contributed by atoms with E-state index >= 15 is 0 Å². The molecule has 0 aromatic heterocycles. The summed E-state index contributed by atoms with van der Waals surface area (Å²) >= 11 is 0. The lowest BCUT2D eigenvalue weighted by Crippen LogP contribution is -2.26. The van der Waals surface area contributed by atoms with Crippen molar-refractivity contribution in [2.24, 2.45) is 0 Å². The standard InChI is InChI=1S/C21H22N2O6/c24-20(14-4-6-16-18(10-14)28-12-26-16)22-8-2-1-3-9-23-21(25)15-5-7-17-19(11-15)29-13-27-17/h4-7,10-11H,1-3,8-9,12-13H2,(H,22,24)(H,23,25). The number of carbonyl (C=O) groups is 2. The van der Waals surface area contributed by atoms with E-state index in [1.165, 1.54) is 0 Å². The van der Waals surface area contributed by atoms with Crippen LogP contribution in [0.3, 0.4) is 0 Å². The number of hydrogen-bond donors (Lipinski definition) is 2. The zero-order valence-corrected chi connectivity index (χ0v) is 15.9. The Morgan fingerprint density at radius 1 is 0.655 bits per heavy atom. The van der Waals surface area contributed by atoms with Crippen molar-refractivity contribution >= 4 is 11.8 Å². The molecule has 2 heterocycles. The predicted octanol–water partition coefficient (Wildman–Crippen LogP) is 2.47. The Bertz CT molecular complexity index is 841. The van der Waals surface area contributed by atoms with Crippen molar-refractivity contribution in [3.8, 4) is 23.0 Å². The highest BCUT2D eigenvalue weighted by Crippen LogP contribution is 2.33. The minimum absolute atomic E-state index is 0.139. The number of nitrogens with one attached hydrogen (secondary N) is 2. The molecular formula is C21H22N2O6. The summed E-state index contributed by atoms with van der Waals surface area (Å²) in [5.74, 6) is 2.22. The van der Waals surface area contributed by atoms with Crippen LogP contribution in [-0.4, -0.2) is 38.5 Å². The molecule has 2 aliphatic rings. The lowest BCUT2D eigenvalue weighted by Gasteiger charge is -2.07. The van der Waals surface area contributed by atoms with Gasteiger partial charge in [-0.3, -0.25) is 9.59 Å². The molecule has 152 valence electrons.